The van der Waals surface area contributed by atoms with Crippen molar-refractivity contribution in [2.75, 3.05) is 6.61 Å². The van der Waals surface area contributed by atoms with Gasteiger partial charge in [-0.25, -0.2) is 5.43 Å². The zero-order valence-electron chi connectivity index (χ0n) is 10.4. The standard InChI is InChI=1S/C14H11N3O3/c15-8-11-3-5-12(6-4-11)20-10-14(18)17-16-9-13-2-1-7-19-13/h1-7,9H,10H2,(H,17,18)/b16-9-. The van der Waals surface area contributed by atoms with Crippen LogP contribution in [0.25, 0.3) is 0 Å². The normalized spacial score (nSPS) is 10.2. The van der Waals surface area contributed by atoms with Crippen LogP contribution in [0.3, 0.4) is 0 Å². The highest BCUT2D eigenvalue weighted by Gasteiger charge is 2.01. The van der Waals surface area contributed by atoms with Gasteiger partial charge in [0.1, 0.15) is 11.5 Å². The van der Waals surface area contributed by atoms with E-state index in [4.69, 9.17) is 14.4 Å². The number of nitrogens with one attached hydrogen (secondary N) is 1. The monoisotopic (exact) mass is 269 g/mol. The second kappa shape index (κ2) is 6.75. The lowest BCUT2D eigenvalue weighted by molar-refractivity contribution is -0.123. The van der Waals surface area contributed by atoms with Crippen molar-refractivity contribution in [2.24, 2.45) is 5.10 Å². The van der Waals surface area contributed by atoms with Crippen molar-refractivity contribution in [1.82, 2.24) is 5.43 Å². The largest absolute Gasteiger partial charge is 0.484 e. The Morgan fingerprint density at radius 2 is 2.20 bits per heavy atom. The summed E-state index contributed by atoms with van der Waals surface area (Å²) in [5, 5.41) is 12.4. The number of carbonyl (C=O) groups excluding carboxylic acids is 1. The smallest absolute Gasteiger partial charge is 0.277 e. The van der Waals surface area contributed by atoms with Crippen molar-refractivity contribution in [3.8, 4) is 11.8 Å². The van der Waals surface area contributed by atoms with Crippen molar-refractivity contribution in [2.45, 2.75) is 0 Å². The van der Waals surface area contributed by atoms with Crippen LogP contribution in [0, 0.1) is 11.3 Å². The Morgan fingerprint density at radius 3 is 2.85 bits per heavy atom. The Morgan fingerprint density at radius 1 is 1.40 bits per heavy atom. The molecule has 0 saturated carbocycles. The molecule has 0 radical (unpaired) electrons. The third kappa shape index (κ3) is 3.99. The molecular weight excluding hydrogens is 258 g/mol. The fraction of sp³-hybridized carbons (Fsp3) is 0.0714. The van der Waals surface area contributed by atoms with Crippen LogP contribution in [0.15, 0.2) is 52.2 Å². The molecule has 0 unspecified atom stereocenters. The van der Waals surface area contributed by atoms with Gasteiger partial charge < -0.3 is 9.15 Å². The quantitative estimate of drug-likeness (QED) is 0.660. The maximum Gasteiger partial charge on any atom is 0.277 e. The number of benzene rings is 1. The fourth-order valence-corrected chi connectivity index (χ4v) is 1.34. The topological polar surface area (TPSA) is 87.6 Å². The number of hydrogen-bond acceptors (Lipinski definition) is 5. The molecule has 6 heteroatoms. The van der Waals surface area contributed by atoms with Crippen LogP contribution in [-0.4, -0.2) is 18.7 Å². The molecule has 100 valence electrons. The molecule has 0 saturated heterocycles. The lowest BCUT2D eigenvalue weighted by Gasteiger charge is -2.04. The van der Waals surface area contributed by atoms with Gasteiger partial charge in [0.05, 0.1) is 24.1 Å². The third-order valence-electron chi connectivity index (χ3n) is 2.28. The maximum atomic E-state index is 11.4. The van der Waals surface area contributed by atoms with Crippen molar-refractivity contribution >= 4 is 12.1 Å². The first kappa shape index (κ1) is 13.4. The van der Waals surface area contributed by atoms with Crippen LogP contribution in [-0.2, 0) is 4.79 Å². The van der Waals surface area contributed by atoms with Gasteiger partial charge in [-0.1, -0.05) is 0 Å². The number of nitrogens with zero attached hydrogens (tertiary/aromatic N) is 2. The first-order chi connectivity index (χ1) is 9.78. The van der Waals surface area contributed by atoms with Gasteiger partial charge in [0.15, 0.2) is 6.61 Å². The van der Waals surface area contributed by atoms with E-state index in [0.29, 0.717) is 17.1 Å². The number of rotatable bonds is 5. The highest BCUT2D eigenvalue weighted by atomic mass is 16.5. The molecule has 0 aliphatic rings. The molecule has 0 fully saturated rings. The van der Waals surface area contributed by atoms with Crippen LogP contribution >= 0.6 is 0 Å². The number of furan rings is 1. The predicted octanol–water partition coefficient (Wildman–Crippen LogP) is 1.68. The summed E-state index contributed by atoms with van der Waals surface area (Å²) in [5.74, 6) is 0.657. The summed E-state index contributed by atoms with van der Waals surface area (Å²) in [7, 11) is 0. The van der Waals surface area contributed by atoms with Crippen molar-refractivity contribution in [1.29, 1.82) is 5.26 Å². The minimum absolute atomic E-state index is 0.165. The van der Waals surface area contributed by atoms with Crippen LogP contribution < -0.4 is 10.2 Å². The SMILES string of the molecule is N#Cc1ccc(OCC(=O)N/N=C\c2ccco2)cc1. The molecule has 0 aliphatic heterocycles. The highest BCUT2D eigenvalue weighted by molar-refractivity contribution is 5.81. The second-order valence-corrected chi connectivity index (χ2v) is 3.73. The Labute approximate surface area is 115 Å². The number of hydrazone groups is 1. The van der Waals surface area contributed by atoms with Crippen LogP contribution in [0.2, 0.25) is 0 Å². The minimum atomic E-state index is -0.392. The Bertz CT molecular complexity index is 625. The molecule has 1 N–H and O–H groups in total. The number of nitriles is 1. The summed E-state index contributed by atoms with van der Waals surface area (Å²) in [4.78, 5) is 11.4. The average molecular weight is 269 g/mol. The highest BCUT2D eigenvalue weighted by Crippen LogP contribution is 2.11. The molecule has 0 bridgehead atoms. The lowest BCUT2D eigenvalue weighted by atomic mass is 10.2. The lowest BCUT2D eigenvalue weighted by Crippen LogP contribution is -2.24. The van der Waals surface area contributed by atoms with Crippen LogP contribution in [0.4, 0.5) is 0 Å². The first-order valence-corrected chi connectivity index (χ1v) is 5.76. The molecule has 0 aliphatic carbocycles. The zero-order valence-corrected chi connectivity index (χ0v) is 10.4. The number of hydrogen-bond donors (Lipinski definition) is 1. The van der Waals surface area contributed by atoms with E-state index in [-0.39, 0.29) is 6.61 Å². The van der Waals surface area contributed by atoms with E-state index in [2.05, 4.69) is 10.5 Å². The summed E-state index contributed by atoms with van der Waals surface area (Å²) in [5.41, 5.74) is 2.84. The van der Waals surface area contributed by atoms with Crippen LogP contribution in [0.5, 0.6) is 5.75 Å². The summed E-state index contributed by atoms with van der Waals surface area (Å²) >= 11 is 0. The summed E-state index contributed by atoms with van der Waals surface area (Å²) in [6, 6.07) is 11.9. The van der Waals surface area contributed by atoms with E-state index in [1.807, 2.05) is 6.07 Å². The van der Waals surface area contributed by atoms with Gasteiger partial charge in [-0.3, -0.25) is 4.79 Å². The maximum absolute atomic E-state index is 11.4. The van der Waals surface area contributed by atoms with Crippen LogP contribution in [0.1, 0.15) is 11.3 Å². The van der Waals surface area contributed by atoms with E-state index in [1.54, 1.807) is 36.4 Å². The molecule has 0 atom stereocenters. The van der Waals surface area contributed by atoms with Gasteiger partial charge in [0.2, 0.25) is 0 Å². The van der Waals surface area contributed by atoms with E-state index in [9.17, 15) is 4.79 Å². The van der Waals surface area contributed by atoms with Gasteiger partial charge in [-0.05, 0) is 36.4 Å². The number of amides is 1. The predicted molar refractivity (Wildman–Crippen MR) is 71.1 cm³/mol. The Hall–Kier alpha value is -3.07. The molecule has 1 amide bonds. The molecule has 20 heavy (non-hydrogen) atoms. The third-order valence-corrected chi connectivity index (χ3v) is 2.28. The second-order valence-electron chi connectivity index (χ2n) is 3.73. The van der Waals surface area contributed by atoms with Gasteiger partial charge >= 0.3 is 0 Å². The fourth-order valence-electron chi connectivity index (χ4n) is 1.34. The molecule has 1 aromatic heterocycles. The van der Waals surface area contributed by atoms with Gasteiger partial charge in [0.25, 0.3) is 5.91 Å². The van der Waals surface area contributed by atoms with Crippen molar-refractivity contribution in [3.63, 3.8) is 0 Å². The van der Waals surface area contributed by atoms with Gasteiger partial charge in [-0.2, -0.15) is 10.4 Å². The molecule has 2 aromatic rings. The zero-order chi connectivity index (χ0) is 14.2. The Balaban J connectivity index is 1.76. The number of ether oxygens (including phenoxy) is 1. The summed E-state index contributed by atoms with van der Waals surface area (Å²) in [6.45, 7) is -0.165. The van der Waals surface area contributed by atoms with Crippen molar-refractivity contribution in [3.05, 3.63) is 54.0 Å². The minimum Gasteiger partial charge on any atom is -0.484 e. The first-order valence-electron chi connectivity index (χ1n) is 5.76. The molecular formula is C14H11N3O3. The molecule has 1 heterocycles. The van der Waals surface area contributed by atoms with E-state index < -0.39 is 5.91 Å². The molecule has 0 spiro atoms. The molecule has 2 rings (SSSR count). The molecule has 6 nitrogen and oxygen atoms in total. The summed E-state index contributed by atoms with van der Waals surface area (Å²) in [6.07, 6.45) is 2.90. The summed E-state index contributed by atoms with van der Waals surface area (Å²) < 4.78 is 10.2. The number of carbonyl (C=O) groups is 1. The van der Waals surface area contributed by atoms with Gasteiger partial charge in [-0.15, -0.1) is 0 Å². The van der Waals surface area contributed by atoms with Crippen molar-refractivity contribution < 1.29 is 13.9 Å². The average Bonchev–Trinajstić information content (AvgIpc) is 2.99. The van der Waals surface area contributed by atoms with E-state index in [0.717, 1.165) is 0 Å². The van der Waals surface area contributed by atoms with E-state index in [1.165, 1.54) is 12.5 Å². The van der Waals surface area contributed by atoms with E-state index >= 15 is 0 Å². The molecule has 1 aromatic carbocycles. The Kier molecular flexibility index (Phi) is 4.51. The van der Waals surface area contributed by atoms with Gasteiger partial charge in [0, 0.05) is 0 Å².